The van der Waals surface area contributed by atoms with Crippen LogP contribution in [-0.2, 0) is 4.74 Å². The lowest BCUT2D eigenvalue weighted by molar-refractivity contribution is -0.385. The van der Waals surface area contributed by atoms with Crippen LogP contribution >= 0.6 is 0 Å². The summed E-state index contributed by atoms with van der Waals surface area (Å²) in [5.74, 6) is -0.408. The molecule has 1 rings (SSSR count). The molecule has 0 saturated heterocycles. The summed E-state index contributed by atoms with van der Waals surface area (Å²) in [4.78, 5) is 22.0. The van der Waals surface area contributed by atoms with Gasteiger partial charge in [-0.2, -0.15) is 0 Å². The van der Waals surface area contributed by atoms with Gasteiger partial charge in [0, 0.05) is 6.07 Å². The van der Waals surface area contributed by atoms with Crippen LogP contribution in [0.15, 0.2) is 12.1 Å². The Bertz CT molecular complexity index is 470. The first-order valence-electron chi connectivity index (χ1n) is 5.60. The third kappa shape index (κ3) is 2.97. The first kappa shape index (κ1) is 14.0. The predicted molar refractivity (Wildman–Crippen MR) is 65.0 cm³/mol. The lowest BCUT2D eigenvalue weighted by Gasteiger charge is -2.09. The zero-order valence-corrected chi connectivity index (χ0v) is 10.6. The monoisotopic (exact) mass is 253 g/mol. The summed E-state index contributed by atoms with van der Waals surface area (Å²) in [6, 6.07) is 2.67. The zero-order valence-electron chi connectivity index (χ0n) is 10.6. The molecule has 1 aromatic rings. The molecule has 0 bridgehead atoms. The summed E-state index contributed by atoms with van der Waals surface area (Å²) in [7, 11) is 0. The third-order valence-electron chi connectivity index (χ3n) is 2.30. The highest BCUT2D eigenvalue weighted by molar-refractivity contribution is 5.92. The van der Waals surface area contributed by atoms with Gasteiger partial charge in [-0.1, -0.05) is 0 Å². The van der Waals surface area contributed by atoms with Gasteiger partial charge in [0.2, 0.25) is 0 Å². The number of carbonyl (C=O) groups excluding carboxylic acids is 1. The highest BCUT2D eigenvalue weighted by atomic mass is 16.6. The van der Waals surface area contributed by atoms with Gasteiger partial charge in [-0.15, -0.1) is 0 Å². The number of nitro benzene ring substituents is 1. The van der Waals surface area contributed by atoms with Crippen LogP contribution in [0.4, 0.5) is 5.69 Å². The van der Waals surface area contributed by atoms with Gasteiger partial charge >= 0.3 is 11.7 Å². The SMILES string of the molecule is CCOC(=O)c1cc([N+](=O)[O-])c(OCC)cc1C. The Morgan fingerprint density at radius 2 is 2.00 bits per heavy atom. The fourth-order valence-corrected chi connectivity index (χ4v) is 1.51. The van der Waals surface area contributed by atoms with Crippen molar-refractivity contribution in [1.29, 1.82) is 0 Å². The quantitative estimate of drug-likeness (QED) is 0.457. The summed E-state index contributed by atoms with van der Waals surface area (Å²) < 4.78 is 10.0. The lowest BCUT2D eigenvalue weighted by Crippen LogP contribution is -2.08. The molecule has 18 heavy (non-hydrogen) atoms. The van der Waals surface area contributed by atoms with Crippen LogP contribution in [0, 0.1) is 17.0 Å². The average molecular weight is 253 g/mol. The Morgan fingerprint density at radius 3 is 2.50 bits per heavy atom. The maximum atomic E-state index is 11.6. The van der Waals surface area contributed by atoms with E-state index >= 15 is 0 Å². The largest absolute Gasteiger partial charge is 0.487 e. The second-order valence-corrected chi connectivity index (χ2v) is 3.55. The topological polar surface area (TPSA) is 78.7 Å². The Hall–Kier alpha value is -2.11. The molecule has 98 valence electrons. The summed E-state index contributed by atoms with van der Waals surface area (Å²) >= 11 is 0. The van der Waals surface area contributed by atoms with Gasteiger partial charge in [0.05, 0.1) is 23.7 Å². The van der Waals surface area contributed by atoms with E-state index < -0.39 is 10.9 Å². The fourth-order valence-electron chi connectivity index (χ4n) is 1.51. The summed E-state index contributed by atoms with van der Waals surface area (Å²) in [6.45, 7) is 5.63. The van der Waals surface area contributed by atoms with Crippen LogP contribution in [0.3, 0.4) is 0 Å². The molecule has 0 spiro atoms. The number of carbonyl (C=O) groups is 1. The number of hydrogen-bond donors (Lipinski definition) is 0. The first-order chi connectivity index (χ1) is 8.51. The molecule has 0 amide bonds. The van der Waals surface area contributed by atoms with Crippen LogP contribution in [0.2, 0.25) is 0 Å². The van der Waals surface area contributed by atoms with E-state index in [0.29, 0.717) is 12.2 Å². The van der Waals surface area contributed by atoms with Crippen molar-refractivity contribution < 1.29 is 19.2 Å². The standard InChI is InChI=1S/C12H15NO5/c1-4-17-11-6-8(3)9(12(14)18-5-2)7-10(11)13(15)16/h6-7H,4-5H2,1-3H3. The van der Waals surface area contributed by atoms with Gasteiger partial charge in [0.25, 0.3) is 0 Å². The Labute approximate surface area is 105 Å². The van der Waals surface area contributed by atoms with Crippen molar-refractivity contribution in [3.63, 3.8) is 0 Å². The summed E-state index contributed by atoms with van der Waals surface area (Å²) in [6.07, 6.45) is 0. The van der Waals surface area contributed by atoms with E-state index in [0.717, 1.165) is 0 Å². The molecular formula is C12H15NO5. The summed E-state index contributed by atoms with van der Waals surface area (Å²) in [5, 5.41) is 10.9. The van der Waals surface area contributed by atoms with Crippen LogP contribution < -0.4 is 4.74 Å². The van der Waals surface area contributed by atoms with Gasteiger partial charge in [-0.3, -0.25) is 10.1 Å². The normalized spacial score (nSPS) is 9.94. The molecule has 0 fully saturated rings. The van der Waals surface area contributed by atoms with Gasteiger partial charge in [0.15, 0.2) is 5.75 Å². The minimum atomic E-state index is -0.576. The molecular weight excluding hydrogens is 238 g/mol. The van der Waals surface area contributed by atoms with E-state index in [1.807, 2.05) is 0 Å². The maximum absolute atomic E-state index is 11.6. The van der Waals surface area contributed by atoms with Crippen molar-refractivity contribution in [2.75, 3.05) is 13.2 Å². The highest BCUT2D eigenvalue weighted by Crippen LogP contribution is 2.30. The number of benzene rings is 1. The van der Waals surface area contributed by atoms with E-state index in [1.165, 1.54) is 12.1 Å². The number of nitro groups is 1. The van der Waals surface area contributed by atoms with Crippen molar-refractivity contribution in [3.8, 4) is 5.75 Å². The Kier molecular flexibility index (Phi) is 4.65. The van der Waals surface area contributed by atoms with Crippen molar-refractivity contribution >= 4 is 11.7 Å². The maximum Gasteiger partial charge on any atom is 0.338 e. The molecule has 0 unspecified atom stereocenters. The van der Waals surface area contributed by atoms with Crippen molar-refractivity contribution in [1.82, 2.24) is 0 Å². The van der Waals surface area contributed by atoms with Gasteiger partial charge < -0.3 is 9.47 Å². The Balaban J connectivity index is 3.26. The summed E-state index contributed by atoms with van der Waals surface area (Å²) in [5.41, 5.74) is 0.542. The molecule has 0 radical (unpaired) electrons. The van der Waals surface area contributed by atoms with Crippen molar-refractivity contribution in [2.45, 2.75) is 20.8 Å². The van der Waals surface area contributed by atoms with Gasteiger partial charge in [0.1, 0.15) is 0 Å². The molecule has 0 N–H and O–H groups in total. The second-order valence-electron chi connectivity index (χ2n) is 3.55. The van der Waals surface area contributed by atoms with E-state index in [2.05, 4.69) is 0 Å². The number of rotatable bonds is 5. The molecule has 0 aliphatic rings. The Morgan fingerprint density at radius 1 is 1.33 bits per heavy atom. The average Bonchev–Trinajstić information content (AvgIpc) is 2.29. The molecule has 0 heterocycles. The van der Waals surface area contributed by atoms with E-state index in [9.17, 15) is 14.9 Å². The third-order valence-corrected chi connectivity index (χ3v) is 2.30. The number of ether oxygens (including phenoxy) is 2. The van der Waals surface area contributed by atoms with E-state index in [4.69, 9.17) is 9.47 Å². The molecule has 0 aliphatic carbocycles. The minimum Gasteiger partial charge on any atom is -0.487 e. The van der Waals surface area contributed by atoms with Crippen LogP contribution in [0.1, 0.15) is 29.8 Å². The fraction of sp³-hybridized carbons (Fsp3) is 0.417. The molecule has 6 nitrogen and oxygen atoms in total. The number of aryl methyl sites for hydroxylation is 1. The first-order valence-corrected chi connectivity index (χ1v) is 5.60. The van der Waals surface area contributed by atoms with Crippen LogP contribution in [0.5, 0.6) is 5.75 Å². The smallest absolute Gasteiger partial charge is 0.338 e. The lowest BCUT2D eigenvalue weighted by atomic mass is 10.1. The molecule has 0 aromatic heterocycles. The zero-order chi connectivity index (χ0) is 13.7. The second kappa shape index (κ2) is 6.00. The van der Waals surface area contributed by atoms with Crippen molar-refractivity contribution in [2.24, 2.45) is 0 Å². The van der Waals surface area contributed by atoms with E-state index in [-0.39, 0.29) is 23.6 Å². The number of esters is 1. The van der Waals surface area contributed by atoms with E-state index in [1.54, 1.807) is 20.8 Å². The minimum absolute atomic E-state index is 0.160. The molecule has 1 aromatic carbocycles. The molecule has 0 saturated carbocycles. The van der Waals surface area contributed by atoms with Gasteiger partial charge in [-0.05, 0) is 32.4 Å². The highest BCUT2D eigenvalue weighted by Gasteiger charge is 2.21. The van der Waals surface area contributed by atoms with Crippen molar-refractivity contribution in [3.05, 3.63) is 33.4 Å². The van der Waals surface area contributed by atoms with Crippen LogP contribution in [-0.4, -0.2) is 24.1 Å². The molecule has 6 heteroatoms. The molecule has 0 atom stereocenters. The van der Waals surface area contributed by atoms with Crippen LogP contribution in [0.25, 0.3) is 0 Å². The predicted octanol–water partition coefficient (Wildman–Crippen LogP) is 2.48. The molecule has 0 aliphatic heterocycles. The van der Waals surface area contributed by atoms with Gasteiger partial charge in [-0.25, -0.2) is 4.79 Å². The number of hydrogen-bond acceptors (Lipinski definition) is 5. The number of nitrogens with zero attached hydrogens (tertiary/aromatic N) is 1.